The van der Waals surface area contributed by atoms with E-state index in [0.717, 1.165) is 68.0 Å². The molecule has 1 saturated carbocycles. The molecule has 0 bridgehead atoms. The lowest BCUT2D eigenvalue weighted by atomic mass is 9.61. The van der Waals surface area contributed by atoms with Crippen LogP contribution in [0.5, 0.6) is 0 Å². The number of carbonyl (C=O) groups excluding carboxylic acids is 1. The fourth-order valence-electron chi connectivity index (χ4n) is 7.46. The first-order valence-electron chi connectivity index (χ1n) is 16.1. The number of hydrogen-bond donors (Lipinski definition) is 3. The fourth-order valence-corrected chi connectivity index (χ4v) is 7.92. The smallest absolute Gasteiger partial charge is 0.159 e. The number of carbonyl (C=O) groups is 1. The minimum Gasteiger partial charge on any atom is -0.398 e. The summed E-state index contributed by atoms with van der Waals surface area (Å²) in [7, 11) is 4.19. The summed E-state index contributed by atoms with van der Waals surface area (Å²) in [6, 6.07) is 2.25. The Bertz CT molecular complexity index is 1390. The quantitative estimate of drug-likeness (QED) is 0.160. The van der Waals surface area contributed by atoms with Crippen molar-refractivity contribution >= 4 is 47.2 Å². The number of nitrogens with two attached hydrogens (primary N) is 1. The molecule has 1 spiro atoms. The zero-order valence-electron chi connectivity index (χ0n) is 28.0. The molecule has 2 aromatic rings. The maximum atomic E-state index is 9.06. The van der Waals surface area contributed by atoms with Crippen LogP contribution in [0, 0.1) is 17.7 Å². The molecule has 4 heterocycles. The molecule has 0 amide bonds. The lowest BCUT2D eigenvalue weighted by Gasteiger charge is -2.58. The van der Waals surface area contributed by atoms with Gasteiger partial charge in [-0.1, -0.05) is 29.8 Å². The molecule has 1 aromatic heterocycles. The monoisotopic (exact) mass is 675 g/mol. The van der Waals surface area contributed by atoms with E-state index in [0.29, 0.717) is 45.6 Å². The standard InChI is InChI=1S/C25H34Cl2N6.C6H13NO2.C3H4O/c1-15-20(21-17(12-28)19(29)9-18(26)22(21)27)23(32-8-6-5-7-24(32,2)3)30-33(15)16-10-25(11-16)13-31(4)14-25;1-7-2-3-9-5-6(7)4-8;1-2-3-4/h9,12,16,28H,5-8,10-11,13-14,29H2,1-4H3;6,8H,2-5H2,1H3;2-3H,1H2. The minimum atomic E-state index is -0.0163. The van der Waals surface area contributed by atoms with Gasteiger partial charge in [-0.2, -0.15) is 5.10 Å². The predicted octanol–water partition coefficient (Wildman–Crippen LogP) is 5.46. The first-order valence-corrected chi connectivity index (χ1v) is 16.9. The number of piperidine rings is 1. The van der Waals surface area contributed by atoms with E-state index in [1.165, 1.54) is 31.8 Å². The number of ether oxygens (including phenoxy) is 1. The normalized spacial score (nSPS) is 22.4. The lowest BCUT2D eigenvalue weighted by Crippen LogP contribution is -2.60. The third-order valence-electron chi connectivity index (χ3n) is 9.95. The van der Waals surface area contributed by atoms with E-state index >= 15 is 0 Å². The summed E-state index contributed by atoms with van der Waals surface area (Å²) in [5.74, 6) is 0.940. The van der Waals surface area contributed by atoms with Crippen LogP contribution in [0.3, 0.4) is 0 Å². The average molecular weight is 677 g/mol. The van der Waals surface area contributed by atoms with Crippen molar-refractivity contribution in [3.05, 3.63) is 40.0 Å². The Morgan fingerprint density at radius 1 is 1.20 bits per heavy atom. The van der Waals surface area contributed by atoms with Gasteiger partial charge in [0.15, 0.2) is 5.82 Å². The van der Waals surface area contributed by atoms with Crippen LogP contribution < -0.4 is 10.6 Å². The van der Waals surface area contributed by atoms with Crippen molar-refractivity contribution in [3.8, 4) is 11.1 Å². The Labute approximate surface area is 283 Å². The molecule has 1 unspecified atom stereocenters. The summed E-state index contributed by atoms with van der Waals surface area (Å²) in [5.41, 5.74) is 10.6. The van der Waals surface area contributed by atoms with Gasteiger partial charge in [-0.25, -0.2) is 0 Å². The van der Waals surface area contributed by atoms with Crippen molar-refractivity contribution in [3.63, 3.8) is 0 Å². The molecule has 3 saturated heterocycles. The van der Waals surface area contributed by atoms with E-state index in [2.05, 4.69) is 53.8 Å². The number of aliphatic hydroxyl groups is 1. The minimum absolute atomic E-state index is 0.0163. The topological polar surface area (TPSA) is 124 Å². The van der Waals surface area contributed by atoms with E-state index < -0.39 is 0 Å². The number of hydrogen-bond acceptors (Lipinski definition) is 9. The Hall–Kier alpha value is -2.47. The number of aromatic nitrogens is 2. The first-order chi connectivity index (χ1) is 21.8. The fraction of sp³-hybridized carbons (Fsp3) is 0.618. The molecule has 4 fully saturated rings. The van der Waals surface area contributed by atoms with Crippen LogP contribution in [0.25, 0.3) is 11.1 Å². The molecule has 4 N–H and O–H groups in total. The number of halogens is 2. The maximum Gasteiger partial charge on any atom is 0.159 e. The van der Waals surface area contributed by atoms with Crippen LogP contribution in [0.15, 0.2) is 18.7 Å². The number of anilines is 2. The number of likely N-dealkylation sites (tertiary alicyclic amines) is 1. The van der Waals surface area contributed by atoms with Crippen LogP contribution in [0.1, 0.15) is 63.3 Å². The number of nitrogens with zero attached hydrogens (tertiary/aromatic N) is 5. The third-order valence-corrected chi connectivity index (χ3v) is 10.7. The zero-order valence-corrected chi connectivity index (χ0v) is 29.5. The van der Waals surface area contributed by atoms with Gasteiger partial charge in [0.2, 0.25) is 0 Å². The van der Waals surface area contributed by atoms with Crippen LogP contribution in [0.4, 0.5) is 11.5 Å². The molecule has 4 aliphatic rings. The van der Waals surface area contributed by atoms with Crippen LogP contribution in [-0.2, 0) is 9.53 Å². The van der Waals surface area contributed by atoms with E-state index in [4.69, 9.17) is 54.1 Å². The highest BCUT2D eigenvalue weighted by atomic mass is 35.5. The van der Waals surface area contributed by atoms with Gasteiger partial charge in [0.25, 0.3) is 0 Å². The largest absolute Gasteiger partial charge is 0.398 e. The molecule has 0 radical (unpaired) electrons. The first kappa shape index (κ1) is 36.4. The van der Waals surface area contributed by atoms with Gasteiger partial charge in [-0.15, -0.1) is 0 Å². The number of likely N-dealkylation sites (N-methyl/N-ethyl adjacent to an activating group) is 1. The Balaban J connectivity index is 0.000000310. The van der Waals surface area contributed by atoms with Crippen molar-refractivity contribution in [2.24, 2.45) is 5.41 Å². The summed E-state index contributed by atoms with van der Waals surface area (Å²) in [5, 5.41) is 22.9. The number of rotatable bonds is 6. The van der Waals surface area contributed by atoms with Crippen molar-refractivity contribution in [2.75, 3.05) is 70.7 Å². The number of benzene rings is 1. The highest BCUT2D eigenvalue weighted by Crippen LogP contribution is 2.55. The summed E-state index contributed by atoms with van der Waals surface area (Å²) < 4.78 is 7.36. The highest BCUT2D eigenvalue weighted by Gasteiger charge is 2.52. The van der Waals surface area contributed by atoms with Gasteiger partial charge >= 0.3 is 0 Å². The summed E-state index contributed by atoms with van der Waals surface area (Å²) in [6.45, 7) is 15.7. The third kappa shape index (κ3) is 7.48. The van der Waals surface area contributed by atoms with Crippen molar-refractivity contribution < 1.29 is 14.6 Å². The Morgan fingerprint density at radius 3 is 2.39 bits per heavy atom. The number of morpholine rings is 1. The number of nitrogen functional groups attached to an aromatic ring is 1. The van der Waals surface area contributed by atoms with Crippen LogP contribution >= 0.6 is 23.2 Å². The molecule has 10 nitrogen and oxygen atoms in total. The van der Waals surface area contributed by atoms with Gasteiger partial charge < -0.3 is 30.8 Å². The van der Waals surface area contributed by atoms with E-state index in [9.17, 15) is 0 Å². The molecule has 254 valence electrons. The molecule has 1 aromatic carbocycles. The molecule has 12 heteroatoms. The number of aliphatic hydroxyl groups excluding tert-OH is 1. The van der Waals surface area contributed by atoms with Crippen molar-refractivity contribution in [2.45, 2.75) is 70.5 Å². The van der Waals surface area contributed by atoms with E-state index in [-0.39, 0.29) is 18.2 Å². The van der Waals surface area contributed by atoms with E-state index in [1.807, 2.05) is 7.05 Å². The number of aldehydes is 1. The number of allylic oxidation sites excluding steroid dienone is 1. The summed E-state index contributed by atoms with van der Waals surface area (Å²) in [6.07, 6.45) is 8.90. The summed E-state index contributed by atoms with van der Waals surface area (Å²) in [4.78, 5) is 16.0. The number of nitrogens with one attached hydrogen (secondary N) is 1. The molecule has 3 aliphatic heterocycles. The zero-order chi connectivity index (χ0) is 33.8. The Kier molecular flexibility index (Phi) is 12.0. The maximum absolute atomic E-state index is 9.06. The summed E-state index contributed by atoms with van der Waals surface area (Å²) >= 11 is 13.3. The van der Waals surface area contributed by atoms with Gasteiger partial charge in [0.1, 0.15) is 6.29 Å². The molecular formula is C34H51Cl2N7O3. The van der Waals surface area contributed by atoms with Crippen molar-refractivity contribution in [1.82, 2.24) is 19.6 Å². The second-order valence-electron chi connectivity index (χ2n) is 13.8. The highest BCUT2D eigenvalue weighted by molar-refractivity contribution is 6.44. The molecule has 46 heavy (non-hydrogen) atoms. The van der Waals surface area contributed by atoms with Crippen LogP contribution in [0.2, 0.25) is 10.0 Å². The Morgan fingerprint density at radius 2 is 1.87 bits per heavy atom. The SMILES string of the molecule is C=CC=O.CN1CCOCC1CO.Cc1c(-c2c(Cl)c(Cl)cc(N)c2C=N)c(N2CCCCC2(C)C)nn1C1CC2(C1)CN(C)C2. The average Bonchev–Trinajstić information content (AvgIpc) is 3.31. The second-order valence-corrected chi connectivity index (χ2v) is 14.6. The van der Waals surface area contributed by atoms with Gasteiger partial charge in [-0.05, 0) is 84.5 Å². The van der Waals surface area contributed by atoms with Gasteiger partial charge in [0, 0.05) is 66.0 Å². The molecule has 1 aliphatic carbocycles. The predicted molar refractivity (Wildman–Crippen MR) is 189 cm³/mol. The molecule has 1 atom stereocenters. The van der Waals surface area contributed by atoms with Crippen LogP contribution in [-0.4, -0.2) is 109 Å². The van der Waals surface area contributed by atoms with Gasteiger partial charge in [0.05, 0.1) is 41.9 Å². The lowest BCUT2D eigenvalue weighted by molar-refractivity contribution is -0.104. The molecule has 6 rings (SSSR count). The second kappa shape index (κ2) is 15.2. The van der Waals surface area contributed by atoms with E-state index in [1.54, 1.807) is 6.07 Å². The van der Waals surface area contributed by atoms with Crippen molar-refractivity contribution in [1.29, 1.82) is 5.41 Å². The van der Waals surface area contributed by atoms with Gasteiger partial charge in [-0.3, -0.25) is 14.4 Å². The molecular weight excluding hydrogens is 625 g/mol.